The number of benzene rings is 2. The first-order chi connectivity index (χ1) is 15.9. The second-order valence-electron chi connectivity index (χ2n) is 8.94. The summed E-state index contributed by atoms with van der Waals surface area (Å²) in [6.07, 6.45) is 0.918. The maximum Gasteiger partial charge on any atom is 0.253 e. The Morgan fingerprint density at radius 3 is 2.39 bits per heavy atom. The van der Waals surface area contributed by atoms with Gasteiger partial charge in [0.25, 0.3) is 5.91 Å². The van der Waals surface area contributed by atoms with Crippen LogP contribution < -0.4 is 0 Å². The summed E-state index contributed by atoms with van der Waals surface area (Å²) in [6.45, 7) is 7.41. The third kappa shape index (κ3) is 6.63. The highest BCUT2D eigenvalue weighted by molar-refractivity contribution is 9.11. The van der Waals surface area contributed by atoms with E-state index in [4.69, 9.17) is 4.74 Å². The minimum atomic E-state index is -0.239. The van der Waals surface area contributed by atoms with Gasteiger partial charge in [-0.3, -0.25) is 9.69 Å². The molecule has 0 radical (unpaired) electrons. The maximum absolute atomic E-state index is 13.5. The molecule has 4 rings (SSSR count). The van der Waals surface area contributed by atoms with Gasteiger partial charge in [0.05, 0.1) is 13.2 Å². The molecule has 2 heterocycles. The number of likely N-dealkylation sites (N-methyl/N-ethyl adjacent to an activating group) is 1. The van der Waals surface area contributed by atoms with Gasteiger partial charge in [0.15, 0.2) is 0 Å². The second-order valence-corrected chi connectivity index (χ2v) is 10.8. The van der Waals surface area contributed by atoms with Crippen LogP contribution in [0.1, 0.15) is 28.3 Å². The van der Waals surface area contributed by atoms with Crippen molar-refractivity contribution >= 4 is 37.8 Å². The van der Waals surface area contributed by atoms with Crippen LogP contribution >= 0.6 is 31.9 Å². The van der Waals surface area contributed by atoms with Gasteiger partial charge in [-0.2, -0.15) is 0 Å². The van der Waals surface area contributed by atoms with Crippen molar-refractivity contribution in [2.45, 2.75) is 18.4 Å². The Kier molecular flexibility index (Phi) is 8.57. The molecule has 0 spiro atoms. The molecule has 0 bridgehead atoms. The first-order valence-electron chi connectivity index (χ1n) is 11.4. The third-order valence-corrected chi connectivity index (χ3v) is 7.50. The van der Waals surface area contributed by atoms with Gasteiger partial charge in [0, 0.05) is 66.2 Å². The van der Waals surface area contributed by atoms with Crippen LogP contribution in [0.4, 0.5) is 4.39 Å². The monoisotopic (exact) mass is 581 g/mol. The van der Waals surface area contributed by atoms with Crippen molar-refractivity contribution in [2.75, 3.05) is 59.5 Å². The Bertz CT molecular complexity index is 927. The van der Waals surface area contributed by atoms with E-state index in [1.807, 2.05) is 37.4 Å². The Morgan fingerprint density at radius 1 is 1.12 bits per heavy atom. The SMILES string of the molecule is CN(C[C@@H](CCN1CC(N2CCOCC2)C1)c1ccc(F)cc1)C(=O)c1cc(Br)cc(Br)c1. The average Bonchev–Trinajstić information content (AvgIpc) is 2.77. The fourth-order valence-corrected chi connectivity index (χ4v) is 5.94. The zero-order chi connectivity index (χ0) is 23.4. The summed E-state index contributed by atoms with van der Waals surface area (Å²) in [4.78, 5) is 19.9. The first kappa shape index (κ1) is 24.8. The van der Waals surface area contributed by atoms with Crippen LogP contribution in [-0.4, -0.2) is 86.2 Å². The van der Waals surface area contributed by atoms with E-state index in [1.54, 1.807) is 4.90 Å². The molecular weight excluding hydrogens is 553 g/mol. The van der Waals surface area contributed by atoms with Crippen LogP contribution in [0.3, 0.4) is 0 Å². The summed E-state index contributed by atoms with van der Waals surface area (Å²) in [7, 11) is 1.84. The Balaban J connectivity index is 1.37. The lowest BCUT2D eigenvalue weighted by Gasteiger charge is -2.47. The number of halogens is 3. The first-order valence-corrected chi connectivity index (χ1v) is 13.0. The molecule has 2 aromatic rings. The number of nitrogens with zero attached hydrogens (tertiary/aromatic N) is 3. The summed E-state index contributed by atoms with van der Waals surface area (Å²) in [5.74, 6) is -0.130. The normalized spacial score (nSPS) is 18.7. The fraction of sp³-hybridized carbons (Fsp3) is 0.480. The van der Waals surface area contributed by atoms with Crippen LogP contribution in [0.5, 0.6) is 0 Å². The lowest BCUT2D eigenvalue weighted by Crippen LogP contribution is -2.61. The molecule has 0 aromatic heterocycles. The van der Waals surface area contributed by atoms with Crippen molar-refractivity contribution in [3.8, 4) is 0 Å². The minimum Gasteiger partial charge on any atom is -0.379 e. The van der Waals surface area contributed by atoms with Gasteiger partial charge in [0.2, 0.25) is 0 Å². The molecule has 1 atom stereocenters. The number of ether oxygens (including phenoxy) is 1. The largest absolute Gasteiger partial charge is 0.379 e. The van der Waals surface area contributed by atoms with Gasteiger partial charge in [-0.1, -0.05) is 44.0 Å². The average molecular weight is 583 g/mol. The quantitative estimate of drug-likeness (QED) is 0.455. The Hall–Kier alpha value is -1.32. The van der Waals surface area contributed by atoms with E-state index in [2.05, 4.69) is 41.7 Å². The highest BCUT2D eigenvalue weighted by Gasteiger charge is 2.32. The predicted octanol–water partition coefficient (Wildman–Crippen LogP) is 4.61. The molecule has 0 saturated carbocycles. The van der Waals surface area contributed by atoms with Crippen molar-refractivity contribution in [3.63, 3.8) is 0 Å². The van der Waals surface area contributed by atoms with Crippen LogP contribution in [0.25, 0.3) is 0 Å². The number of hydrogen-bond acceptors (Lipinski definition) is 4. The van der Waals surface area contributed by atoms with Crippen molar-refractivity contribution < 1.29 is 13.9 Å². The predicted molar refractivity (Wildman–Crippen MR) is 135 cm³/mol. The fourth-order valence-electron chi connectivity index (χ4n) is 4.65. The lowest BCUT2D eigenvalue weighted by molar-refractivity contribution is -0.0326. The second kappa shape index (κ2) is 11.4. The molecule has 2 aromatic carbocycles. The number of hydrogen-bond donors (Lipinski definition) is 0. The molecule has 0 aliphatic carbocycles. The molecule has 0 unspecified atom stereocenters. The van der Waals surface area contributed by atoms with Gasteiger partial charge >= 0.3 is 0 Å². The number of likely N-dealkylation sites (tertiary alicyclic amines) is 1. The lowest BCUT2D eigenvalue weighted by atomic mass is 9.93. The van der Waals surface area contributed by atoms with Gasteiger partial charge in [-0.15, -0.1) is 0 Å². The molecule has 8 heteroatoms. The molecule has 2 saturated heterocycles. The van der Waals surface area contributed by atoms with E-state index in [9.17, 15) is 9.18 Å². The van der Waals surface area contributed by atoms with Crippen LogP contribution in [0, 0.1) is 5.82 Å². The third-order valence-electron chi connectivity index (χ3n) is 6.59. The molecule has 178 valence electrons. The van der Waals surface area contributed by atoms with Crippen molar-refractivity contribution in [2.24, 2.45) is 0 Å². The Morgan fingerprint density at radius 2 is 1.76 bits per heavy atom. The molecule has 33 heavy (non-hydrogen) atoms. The summed E-state index contributed by atoms with van der Waals surface area (Å²) >= 11 is 6.92. The molecule has 2 fully saturated rings. The number of amides is 1. The molecule has 2 aliphatic heterocycles. The van der Waals surface area contributed by atoms with Crippen LogP contribution in [-0.2, 0) is 4.74 Å². The smallest absolute Gasteiger partial charge is 0.253 e. The summed E-state index contributed by atoms with van der Waals surface area (Å²) in [5.41, 5.74) is 1.70. The van der Waals surface area contributed by atoms with Crippen molar-refractivity contribution in [3.05, 3.63) is 68.4 Å². The van der Waals surface area contributed by atoms with Gasteiger partial charge in [-0.25, -0.2) is 4.39 Å². The van der Waals surface area contributed by atoms with Crippen molar-refractivity contribution in [1.82, 2.24) is 14.7 Å². The molecule has 5 nitrogen and oxygen atoms in total. The molecule has 2 aliphatic rings. The number of carbonyl (C=O) groups excluding carboxylic acids is 1. The number of carbonyl (C=O) groups is 1. The molecular formula is C25H30Br2FN3O2. The zero-order valence-corrected chi connectivity index (χ0v) is 22.0. The van der Waals surface area contributed by atoms with Crippen molar-refractivity contribution in [1.29, 1.82) is 0 Å². The Labute approximate surface area is 212 Å². The van der Waals surface area contributed by atoms with Crippen LogP contribution in [0.2, 0.25) is 0 Å². The standard InChI is InChI=1S/C25H30Br2FN3O2/c1-29(25(32)20-12-21(26)14-22(27)13-20)15-19(18-2-4-23(28)5-3-18)6-7-30-16-24(17-30)31-8-10-33-11-9-31/h2-5,12-14,19,24H,6-11,15-17H2,1H3/t19-/m1/s1. The number of morpholine rings is 1. The van der Waals surface area contributed by atoms with Gasteiger partial charge < -0.3 is 14.5 Å². The van der Waals surface area contributed by atoms with E-state index in [0.717, 1.165) is 66.9 Å². The van der Waals surface area contributed by atoms with Crippen LogP contribution in [0.15, 0.2) is 51.4 Å². The van der Waals surface area contributed by atoms with E-state index in [-0.39, 0.29) is 17.6 Å². The molecule has 1 amide bonds. The van der Waals surface area contributed by atoms with E-state index in [0.29, 0.717) is 18.2 Å². The minimum absolute atomic E-state index is 0.0274. The topological polar surface area (TPSA) is 36.0 Å². The molecule has 0 N–H and O–H groups in total. The zero-order valence-electron chi connectivity index (χ0n) is 18.9. The van der Waals surface area contributed by atoms with Gasteiger partial charge in [-0.05, 0) is 48.9 Å². The summed E-state index contributed by atoms with van der Waals surface area (Å²) < 4.78 is 20.7. The van der Waals surface area contributed by atoms with E-state index < -0.39 is 0 Å². The van der Waals surface area contributed by atoms with E-state index >= 15 is 0 Å². The van der Waals surface area contributed by atoms with E-state index in [1.165, 1.54) is 12.1 Å². The van der Waals surface area contributed by atoms with Gasteiger partial charge in [0.1, 0.15) is 5.82 Å². The number of rotatable bonds is 8. The summed E-state index contributed by atoms with van der Waals surface area (Å²) in [5, 5.41) is 0. The maximum atomic E-state index is 13.5. The highest BCUT2D eigenvalue weighted by Crippen LogP contribution is 2.26. The summed E-state index contributed by atoms with van der Waals surface area (Å²) in [6, 6.07) is 12.9. The highest BCUT2D eigenvalue weighted by atomic mass is 79.9.